The van der Waals surface area contributed by atoms with E-state index >= 15 is 0 Å². The Morgan fingerprint density at radius 1 is 1.12 bits per heavy atom. The van der Waals surface area contributed by atoms with Crippen LogP contribution in [-0.4, -0.2) is 21.5 Å². The molecule has 0 aliphatic heterocycles. The summed E-state index contributed by atoms with van der Waals surface area (Å²) in [5, 5.41) is 9.33. The predicted octanol–water partition coefficient (Wildman–Crippen LogP) is 5.46. The summed E-state index contributed by atoms with van der Waals surface area (Å²) >= 11 is 0. The molecule has 4 nitrogen and oxygen atoms in total. The fraction of sp³-hybridized carbons (Fsp3) is 0.357. The fourth-order valence-electron chi connectivity index (χ4n) is 3.95. The molecule has 171 valence electrons. The zero-order chi connectivity index (χ0) is 23.1. The molecule has 2 aromatic carbocycles. The molecule has 1 N–H and O–H groups in total. The second-order valence-electron chi connectivity index (χ2n) is 9.01. The van der Waals surface area contributed by atoms with Crippen molar-refractivity contribution in [2.45, 2.75) is 58.7 Å². The van der Waals surface area contributed by atoms with Crippen LogP contribution < -0.4 is 4.74 Å². The van der Waals surface area contributed by atoms with Crippen molar-refractivity contribution in [2.24, 2.45) is 5.92 Å². The SMILES string of the molecule is Cc1cccc(C(Cc2ccc(CO)cc2)C(C)CC(=O)C(C)(C)Oc2cc[c-]cn2)c1.[Y]. The normalized spacial score (nSPS) is 13.0. The number of ether oxygens (including phenoxy) is 1. The number of rotatable bonds is 10. The summed E-state index contributed by atoms with van der Waals surface area (Å²) in [7, 11) is 0. The number of aliphatic hydroxyl groups excluding tert-OH is 1. The number of ketones is 1. The number of hydrogen-bond donors (Lipinski definition) is 1. The molecule has 0 fully saturated rings. The molecule has 0 aliphatic rings. The van der Waals surface area contributed by atoms with Gasteiger partial charge in [0, 0.05) is 39.1 Å². The van der Waals surface area contributed by atoms with Crippen molar-refractivity contribution >= 4 is 5.78 Å². The summed E-state index contributed by atoms with van der Waals surface area (Å²) < 4.78 is 5.91. The molecule has 3 aromatic rings. The molecule has 2 unspecified atom stereocenters. The first kappa shape index (κ1) is 27.4. The van der Waals surface area contributed by atoms with Crippen LogP contribution in [-0.2, 0) is 50.5 Å². The van der Waals surface area contributed by atoms with Crippen LogP contribution >= 0.6 is 0 Å². The molecule has 0 bridgehead atoms. The number of benzene rings is 2. The Labute approximate surface area is 222 Å². The van der Waals surface area contributed by atoms with E-state index in [0.29, 0.717) is 12.3 Å². The van der Waals surface area contributed by atoms with E-state index < -0.39 is 5.60 Å². The van der Waals surface area contributed by atoms with Gasteiger partial charge in [0.1, 0.15) is 5.88 Å². The van der Waals surface area contributed by atoms with Gasteiger partial charge in [0.25, 0.3) is 0 Å². The van der Waals surface area contributed by atoms with E-state index in [1.807, 2.05) is 12.1 Å². The standard InChI is InChI=1S/C28H32NO3.Y/c1-20-8-7-9-24(16-20)25(18-22-11-13-23(19-30)14-12-22)21(2)17-26(31)28(3,4)32-27-10-5-6-15-29-27;/h5,7-16,21,25,30H,17-19H2,1-4H3;/q-1;. The topological polar surface area (TPSA) is 59.4 Å². The summed E-state index contributed by atoms with van der Waals surface area (Å²) in [6, 6.07) is 22.9. The molecule has 5 heteroatoms. The zero-order valence-electron chi connectivity index (χ0n) is 19.9. The van der Waals surface area contributed by atoms with Crippen molar-refractivity contribution in [1.82, 2.24) is 4.98 Å². The fourth-order valence-corrected chi connectivity index (χ4v) is 3.95. The quantitative estimate of drug-likeness (QED) is 0.362. The Balaban J connectivity index is 0.00000385. The van der Waals surface area contributed by atoms with Crippen LogP contribution in [0.4, 0.5) is 0 Å². The average molecular weight is 519 g/mol. The molecule has 3 rings (SSSR count). The van der Waals surface area contributed by atoms with Gasteiger partial charge in [-0.25, -0.2) is 12.1 Å². The Bertz CT molecular complexity index is 1020. The zero-order valence-corrected chi connectivity index (χ0v) is 22.8. The molecule has 1 radical (unpaired) electrons. The van der Waals surface area contributed by atoms with E-state index in [1.165, 1.54) is 22.9 Å². The maximum Gasteiger partial charge on any atom is 0.176 e. The first-order valence-electron chi connectivity index (χ1n) is 11.1. The van der Waals surface area contributed by atoms with Crippen LogP contribution in [0.15, 0.2) is 66.9 Å². The third-order valence-corrected chi connectivity index (χ3v) is 5.95. The van der Waals surface area contributed by atoms with Gasteiger partial charge in [-0.1, -0.05) is 67.2 Å². The predicted molar refractivity (Wildman–Crippen MR) is 127 cm³/mol. The van der Waals surface area contributed by atoms with Gasteiger partial charge in [-0.2, -0.15) is 0 Å². The summed E-state index contributed by atoms with van der Waals surface area (Å²) in [6.45, 7) is 7.87. The molecule has 0 spiro atoms. The molecular weight excluding hydrogens is 487 g/mol. The monoisotopic (exact) mass is 519 g/mol. The summed E-state index contributed by atoms with van der Waals surface area (Å²) in [5.41, 5.74) is 3.55. The molecule has 0 aliphatic carbocycles. The van der Waals surface area contributed by atoms with Crippen molar-refractivity contribution in [3.05, 3.63) is 95.2 Å². The third-order valence-electron chi connectivity index (χ3n) is 5.95. The Morgan fingerprint density at radius 3 is 2.42 bits per heavy atom. The molecule has 0 saturated heterocycles. The number of carbonyl (C=O) groups excluding carboxylic acids is 1. The van der Waals surface area contributed by atoms with Gasteiger partial charge in [-0.05, 0) is 55.7 Å². The van der Waals surface area contributed by atoms with Crippen molar-refractivity contribution < 1.29 is 47.3 Å². The van der Waals surface area contributed by atoms with E-state index in [4.69, 9.17) is 4.74 Å². The number of pyridine rings is 1. The number of nitrogens with zero attached hydrogens (tertiary/aromatic N) is 1. The van der Waals surface area contributed by atoms with E-state index in [2.05, 4.69) is 61.3 Å². The minimum atomic E-state index is -0.970. The van der Waals surface area contributed by atoms with Crippen LogP contribution in [0.5, 0.6) is 5.88 Å². The number of Topliss-reactive ketones (excluding diaryl/α,β-unsaturated/α-hetero) is 1. The molecule has 1 aromatic heterocycles. The Hall–Kier alpha value is -1.88. The second kappa shape index (κ2) is 12.5. The Kier molecular flexibility index (Phi) is 10.4. The minimum absolute atomic E-state index is 0. The molecular formula is C28H32NO3Y-. The smallest absolute Gasteiger partial charge is 0.176 e. The van der Waals surface area contributed by atoms with Crippen molar-refractivity contribution in [3.8, 4) is 5.88 Å². The molecule has 1 heterocycles. The van der Waals surface area contributed by atoms with E-state index in [1.54, 1.807) is 26.0 Å². The first-order valence-corrected chi connectivity index (χ1v) is 11.1. The molecule has 2 atom stereocenters. The van der Waals surface area contributed by atoms with Gasteiger partial charge < -0.3 is 9.84 Å². The van der Waals surface area contributed by atoms with Gasteiger partial charge in [-0.3, -0.25) is 9.78 Å². The van der Waals surface area contributed by atoms with Crippen molar-refractivity contribution in [3.63, 3.8) is 0 Å². The second-order valence-corrected chi connectivity index (χ2v) is 9.01. The van der Waals surface area contributed by atoms with Crippen molar-refractivity contribution in [2.75, 3.05) is 0 Å². The molecule has 0 saturated carbocycles. The maximum atomic E-state index is 13.2. The number of carbonyl (C=O) groups is 1. The van der Waals surface area contributed by atoms with E-state index in [9.17, 15) is 9.90 Å². The largest absolute Gasteiger partial charge is 0.480 e. The van der Waals surface area contributed by atoms with Gasteiger partial charge in [-0.15, -0.1) is 6.07 Å². The maximum absolute atomic E-state index is 13.2. The average Bonchev–Trinajstić information content (AvgIpc) is 2.78. The Morgan fingerprint density at radius 2 is 1.82 bits per heavy atom. The van der Waals surface area contributed by atoms with Gasteiger partial charge in [0.05, 0.1) is 6.61 Å². The minimum Gasteiger partial charge on any atom is -0.480 e. The summed E-state index contributed by atoms with van der Waals surface area (Å²) in [6.07, 6.45) is 2.76. The van der Waals surface area contributed by atoms with Crippen LogP contribution in [0, 0.1) is 18.9 Å². The third kappa shape index (κ3) is 7.84. The van der Waals surface area contributed by atoms with E-state index in [0.717, 1.165) is 12.0 Å². The van der Waals surface area contributed by atoms with E-state index in [-0.39, 0.29) is 56.9 Å². The number of aromatic nitrogens is 1. The van der Waals surface area contributed by atoms with Crippen LogP contribution in [0.25, 0.3) is 0 Å². The van der Waals surface area contributed by atoms with Crippen molar-refractivity contribution in [1.29, 1.82) is 0 Å². The number of hydrogen-bond acceptors (Lipinski definition) is 4. The van der Waals surface area contributed by atoms with Crippen LogP contribution in [0.1, 0.15) is 55.4 Å². The number of aliphatic hydroxyl groups is 1. The van der Waals surface area contributed by atoms with Gasteiger partial charge >= 0.3 is 0 Å². The molecule has 33 heavy (non-hydrogen) atoms. The number of aryl methyl sites for hydroxylation is 1. The van der Waals surface area contributed by atoms with Gasteiger partial charge in [0.2, 0.25) is 0 Å². The summed E-state index contributed by atoms with van der Waals surface area (Å²) in [5.74, 6) is 0.766. The summed E-state index contributed by atoms with van der Waals surface area (Å²) in [4.78, 5) is 17.4. The first-order chi connectivity index (χ1) is 15.3. The van der Waals surface area contributed by atoms with Crippen LogP contribution in [0.3, 0.4) is 0 Å². The van der Waals surface area contributed by atoms with Crippen LogP contribution in [0.2, 0.25) is 0 Å². The van der Waals surface area contributed by atoms with Gasteiger partial charge in [0.15, 0.2) is 11.4 Å². The molecule has 0 amide bonds.